The van der Waals surface area contributed by atoms with Gasteiger partial charge in [-0.1, -0.05) is 30.3 Å². The summed E-state index contributed by atoms with van der Waals surface area (Å²) in [6.07, 6.45) is 0. The van der Waals surface area contributed by atoms with Gasteiger partial charge in [0.05, 0.1) is 7.11 Å². The van der Waals surface area contributed by atoms with E-state index in [1.807, 2.05) is 24.3 Å². The molecule has 9 heteroatoms. The van der Waals surface area contributed by atoms with Gasteiger partial charge in [0.2, 0.25) is 18.6 Å². The van der Waals surface area contributed by atoms with Gasteiger partial charge >= 0.3 is 0 Å². The zero-order chi connectivity index (χ0) is 21.2. The van der Waals surface area contributed by atoms with Crippen molar-refractivity contribution in [3.05, 3.63) is 65.2 Å². The maximum Gasteiger partial charge on any atom is 0.234 e. The van der Waals surface area contributed by atoms with Crippen molar-refractivity contribution in [1.82, 2.24) is 15.3 Å². The molecule has 0 aliphatic carbocycles. The van der Waals surface area contributed by atoms with Crippen LogP contribution in [0.1, 0.15) is 16.7 Å². The molecule has 0 unspecified atom stereocenters. The quantitative estimate of drug-likeness (QED) is 0.587. The second-order valence-corrected chi connectivity index (χ2v) is 7.62. The lowest BCUT2D eigenvalue weighted by atomic mass is 10.1. The van der Waals surface area contributed by atoms with Gasteiger partial charge in [-0.05, 0) is 41.0 Å². The first kappa shape index (κ1) is 19.4. The highest BCUT2D eigenvalue weighted by Crippen LogP contribution is 2.32. The van der Waals surface area contributed by atoms with Crippen LogP contribution in [0.2, 0.25) is 0 Å². The first-order chi connectivity index (χ1) is 15.2. The van der Waals surface area contributed by atoms with E-state index in [1.165, 1.54) is 11.1 Å². The normalized spacial score (nSPS) is 13.6. The summed E-state index contributed by atoms with van der Waals surface area (Å²) in [4.78, 5) is 11.2. The lowest BCUT2D eigenvalue weighted by molar-refractivity contribution is 0.174. The highest BCUT2D eigenvalue weighted by atomic mass is 32.1. The van der Waals surface area contributed by atoms with E-state index in [0.29, 0.717) is 23.5 Å². The first-order valence-corrected chi connectivity index (χ1v) is 10.3. The topological polar surface area (TPSA) is 80.8 Å². The summed E-state index contributed by atoms with van der Waals surface area (Å²) < 4.78 is 16.1. The lowest BCUT2D eigenvalue weighted by Crippen LogP contribution is -2.29. The maximum atomic E-state index is 5.44. The Bertz CT molecular complexity index is 1110. The van der Waals surface area contributed by atoms with Crippen LogP contribution < -0.4 is 29.7 Å². The van der Waals surface area contributed by atoms with Crippen LogP contribution >= 0.6 is 12.2 Å². The Morgan fingerprint density at radius 2 is 1.84 bits per heavy atom. The average molecular weight is 436 g/mol. The van der Waals surface area contributed by atoms with Gasteiger partial charge in [-0.2, -0.15) is 9.97 Å². The molecule has 3 heterocycles. The number of benzene rings is 2. The summed E-state index contributed by atoms with van der Waals surface area (Å²) in [6.45, 7) is 2.37. The van der Waals surface area contributed by atoms with E-state index >= 15 is 0 Å². The van der Waals surface area contributed by atoms with Crippen LogP contribution in [-0.4, -0.2) is 29.0 Å². The van der Waals surface area contributed by atoms with Crippen molar-refractivity contribution in [2.45, 2.75) is 19.6 Å². The molecule has 31 heavy (non-hydrogen) atoms. The highest BCUT2D eigenvalue weighted by molar-refractivity contribution is 7.80. The third kappa shape index (κ3) is 4.17. The lowest BCUT2D eigenvalue weighted by Gasteiger charge is -2.18. The predicted molar refractivity (Wildman–Crippen MR) is 121 cm³/mol. The van der Waals surface area contributed by atoms with Crippen LogP contribution in [0.15, 0.2) is 48.5 Å². The fraction of sp³-hybridized carbons (Fsp3) is 0.227. The molecule has 0 saturated heterocycles. The van der Waals surface area contributed by atoms with Gasteiger partial charge in [-0.25, -0.2) is 0 Å². The zero-order valence-electron chi connectivity index (χ0n) is 16.9. The Hall–Kier alpha value is -3.59. The smallest absolute Gasteiger partial charge is 0.234 e. The van der Waals surface area contributed by atoms with Crippen LogP contribution in [0.3, 0.4) is 0 Å². The number of hydrogen-bond donors (Lipinski definition) is 2. The van der Waals surface area contributed by atoms with Gasteiger partial charge in [0.15, 0.2) is 16.6 Å². The summed E-state index contributed by atoms with van der Waals surface area (Å²) in [5.74, 6) is 3.14. The van der Waals surface area contributed by atoms with Gasteiger partial charge < -0.3 is 29.7 Å². The molecular weight excluding hydrogens is 414 g/mol. The van der Waals surface area contributed by atoms with Crippen LogP contribution in [0.4, 0.5) is 11.8 Å². The van der Waals surface area contributed by atoms with Crippen molar-refractivity contribution in [3.8, 4) is 17.4 Å². The van der Waals surface area contributed by atoms with Gasteiger partial charge in [0.25, 0.3) is 0 Å². The first-order valence-electron chi connectivity index (χ1n) is 9.86. The predicted octanol–water partition coefficient (Wildman–Crippen LogP) is 3.22. The number of nitrogens with one attached hydrogen (secondary N) is 2. The van der Waals surface area contributed by atoms with Crippen molar-refractivity contribution < 1.29 is 14.2 Å². The van der Waals surface area contributed by atoms with Gasteiger partial charge in [0, 0.05) is 25.7 Å². The van der Waals surface area contributed by atoms with E-state index < -0.39 is 0 Å². The second-order valence-electron chi connectivity index (χ2n) is 7.21. The van der Waals surface area contributed by atoms with Crippen LogP contribution in [0.5, 0.6) is 17.4 Å². The fourth-order valence-corrected chi connectivity index (χ4v) is 3.77. The number of methoxy groups -OCH3 is 1. The van der Waals surface area contributed by atoms with Crippen molar-refractivity contribution in [2.24, 2.45) is 0 Å². The van der Waals surface area contributed by atoms with Crippen LogP contribution in [0.25, 0.3) is 0 Å². The van der Waals surface area contributed by atoms with Crippen molar-refractivity contribution in [1.29, 1.82) is 0 Å². The molecule has 5 rings (SSSR count). The molecule has 0 bridgehead atoms. The molecule has 8 nitrogen and oxygen atoms in total. The van der Waals surface area contributed by atoms with Gasteiger partial charge in [-0.15, -0.1) is 0 Å². The van der Waals surface area contributed by atoms with Crippen molar-refractivity contribution >= 4 is 29.1 Å². The third-order valence-corrected chi connectivity index (χ3v) is 5.42. The molecule has 0 saturated carbocycles. The average Bonchev–Trinajstić information content (AvgIpc) is 3.44. The number of rotatable bonds is 5. The second kappa shape index (κ2) is 8.27. The number of anilines is 2. The molecule has 0 fully saturated rings. The monoisotopic (exact) mass is 435 g/mol. The SMILES string of the molecule is COc1cc(N2Cc3ccccc3C2)nc(NC(=S)NCc2ccc3c(c2)OCO3)n1. The van der Waals surface area contributed by atoms with Gasteiger partial charge in [0.1, 0.15) is 5.82 Å². The van der Waals surface area contributed by atoms with E-state index in [1.54, 1.807) is 7.11 Å². The molecule has 2 aliphatic heterocycles. The summed E-state index contributed by atoms with van der Waals surface area (Å²) in [6, 6.07) is 16.0. The van der Waals surface area contributed by atoms with E-state index in [2.05, 4.69) is 49.8 Å². The molecular formula is C22H21N5O3S. The largest absolute Gasteiger partial charge is 0.481 e. The van der Waals surface area contributed by atoms with E-state index in [9.17, 15) is 0 Å². The Balaban J connectivity index is 1.25. The molecule has 2 aromatic carbocycles. The van der Waals surface area contributed by atoms with E-state index in [0.717, 1.165) is 36.0 Å². The summed E-state index contributed by atoms with van der Waals surface area (Å²) in [7, 11) is 1.59. The summed E-state index contributed by atoms with van der Waals surface area (Å²) in [5, 5.41) is 6.65. The van der Waals surface area contributed by atoms with Crippen LogP contribution in [0, 0.1) is 0 Å². The minimum atomic E-state index is 0.254. The number of thiocarbonyl (C=S) groups is 1. The Morgan fingerprint density at radius 3 is 2.61 bits per heavy atom. The third-order valence-electron chi connectivity index (χ3n) is 5.18. The zero-order valence-corrected chi connectivity index (χ0v) is 17.7. The summed E-state index contributed by atoms with van der Waals surface area (Å²) >= 11 is 5.44. The van der Waals surface area contributed by atoms with E-state index in [-0.39, 0.29) is 6.79 Å². The number of nitrogens with zero attached hydrogens (tertiary/aromatic N) is 3. The number of fused-ring (bicyclic) bond motifs is 2. The molecule has 1 aromatic heterocycles. The number of hydrogen-bond acceptors (Lipinski definition) is 7. The molecule has 0 spiro atoms. The van der Waals surface area contributed by atoms with Crippen molar-refractivity contribution in [3.63, 3.8) is 0 Å². The summed E-state index contributed by atoms with van der Waals surface area (Å²) in [5.41, 5.74) is 3.63. The molecule has 2 N–H and O–H groups in total. The molecule has 158 valence electrons. The van der Waals surface area contributed by atoms with Gasteiger partial charge in [-0.3, -0.25) is 0 Å². The number of aromatic nitrogens is 2. The Labute approximate surface area is 185 Å². The number of ether oxygens (including phenoxy) is 3. The molecule has 0 amide bonds. The molecule has 3 aromatic rings. The maximum absolute atomic E-state index is 5.44. The minimum absolute atomic E-state index is 0.254. The molecule has 2 aliphatic rings. The fourth-order valence-electron chi connectivity index (χ4n) is 3.61. The Kier molecular flexibility index (Phi) is 5.17. The standard InChI is InChI=1S/C22H21N5O3S/c1-28-20-9-19(27-11-15-4-2-3-5-16(15)12-27)24-21(25-20)26-22(31)23-10-14-6-7-17-18(8-14)30-13-29-17/h2-9H,10-13H2,1H3,(H2,23,24,25,26,31). The Morgan fingerprint density at radius 1 is 1.06 bits per heavy atom. The van der Waals surface area contributed by atoms with E-state index in [4.69, 9.17) is 26.4 Å². The molecule has 0 atom stereocenters. The highest BCUT2D eigenvalue weighted by Gasteiger charge is 2.21. The van der Waals surface area contributed by atoms with Crippen LogP contribution in [-0.2, 0) is 19.6 Å². The van der Waals surface area contributed by atoms with Crippen molar-refractivity contribution in [2.75, 3.05) is 24.1 Å². The minimum Gasteiger partial charge on any atom is -0.481 e. The molecule has 0 radical (unpaired) electrons.